The number of aliphatic hydroxyl groups excluding tert-OH is 1. The van der Waals surface area contributed by atoms with E-state index in [0.29, 0.717) is 34.8 Å². The largest absolute Gasteiger partial charge is 0.507 e. The third kappa shape index (κ3) is 4.70. The standard InChI is InChI=1S/C31H30N2O7/c1-37-21-8-5-18(6-9-21)29(34)27-28(19-7-12-25(39-3)26(15-19)40-4)33(31(36)30(27)35)14-13-20-17-32-24-11-10-22(38-2)16-23(20)24/h5-12,15-17,28,32,34H,13-14H2,1-4H3/t28-/m0/s1. The Balaban J connectivity index is 1.58. The summed E-state index contributed by atoms with van der Waals surface area (Å²) in [6.45, 7) is 0.229. The van der Waals surface area contributed by atoms with Gasteiger partial charge in [-0.15, -0.1) is 0 Å². The van der Waals surface area contributed by atoms with E-state index in [0.717, 1.165) is 22.2 Å². The summed E-state index contributed by atoms with van der Waals surface area (Å²) in [6.07, 6.45) is 2.36. The van der Waals surface area contributed by atoms with E-state index < -0.39 is 17.7 Å². The molecule has 5 rings (SSSR count). The van der Waals surface area contributed by atoms with E-state index in [2.05, 4.69) is 4.98 Å². The number of aliphatic hydroxyl groups is 1. The van der Waals surface area contributed by atoms with Gasteiger partial charge < -0.3 is 33.9 Å². The smallest absolute Gasteiger partial charge is 0.295 e. The van der Waals surface area contributed by atoms with Gasteiger partial charge in [0.1, 0.15) is 17.3 Å². The van der Waals surface area contributed by atoms with Gasteiger partial charge in [0.25, 0.3) is 11.7 Å². The molecule has 206 valence electrons. The van der Waals surface area contributed by atoms with Crippen LogP contribution in [0.2, 0.25) is 0 Å². The minimum Gasteiger partial charge on any atom is -0.507 e. The van der Waals surface area contributed by atoms with E-state index in [1.807, 2.05) is 24.4 Å². The highest BCUT2D eigenvalue weighted by Crippen LogP contribution is 2.42. The van der Waals surface area contributed by atoms with Crippen molar-refractivity contribution < 1.29 is 33.6 Å². The Morgan fingerprint density at radius 3 is 2.23 bits per heavy atom. The molecule has 1 saturated heterocycles. The summed E-state index contributed by atoms with van der Waals surface area (Å²) in [5, 5.41) is 12.3. The van der Waals surface area contributed by atoms with Crippen molar-refractivity contribution in [2.75, 3.05) is 35.0 Å². The minimum atomic E-state index is -0.846. The number of hydrogen-bond donors (Lipinski definition) is 2. The number of carbonyl (C=O) groups is 2. The number of ether oxygens (including phenoxy) is 4. The monoisotopic (exact) mass is 542 g/mol. The van der Waals surface area contributed by atoms with E-state index in [4.69, 9.17) is 18.9 Å². The van der Waals surface area contributed by atoms with Crippen molar-refractivity contribution in [2.24, 2.45) is 0 Å². The molecule has 1 fully saturated rings. The van der Waals surface area contributed by atoms with Gasteiger partial charge in [-0.3, -0.25) is 9.59 Å². The lowest BCUT2D eigenvalue weighted by atomic mass is 9.94. The van der Waals surface area contributed by atoms with Crippen LogP contribution in [-0.4, -0.2) is 61.7 Å². The molecule has 40 heavy (non-hydrogen) atoms. The van der Waals surface area contributed by atoms with Gasteiger partial charge in [0.05, 0.1) is 40.1 Å². The predicted octanol–water partition coefficient (Wildman–Crippen LogP) is 4.87. The molecular weight excluding hydrogens is 512 g/mol. The third-order valence-corrected chi connectivity index (χ3v) is 7.22. The summed E-state index contributed by atoms with van der Waals surface area (Å²) in [5.74, 6) is 0.563. The number of amides is 1. The molecular formula is C31H30N2O7. The van der Waals surface area contributed by atoms with Gasteiger partial charge in [-0.2, -0.15) is 0 Å². The first kappa shape index (κ1) is 26.7. The molecule has 0 bridgehead atoms. The molecule has 1 amide bonds. The van der Waals surface area contributed by atoms with Gasteiger partial charge in [-0.05, 0) is 72.1 Å². The molecule has 2 heterocycles. The van der Waals surface area contributed by atoms with Crippen LogP contribution in [-0.2, 0) is 16.0 Å². The first-order valence-corrected chi connectivity index (χ1v) is 12.7. The van der Waals surface area contributed by atoms with E-state index in [1.54, 1.807) is 56.7 Å². The minimum absolute atomic E-state index is 0.00276. The summed E-state index contributed by atoms with van der Waals surface area (Å²) in [6, 6.07) is 16.8. The number of carbonyl (C=O) groups excluding carboxylic acids is 2. The molecule has 0 spiro atoms. The first-order chi connectivity index (χ1) is 19.4. The third-order valence-electron chi connectivity index (χ3n) is 7.22. The van der Waals surface area contributed by atoms with Crippen LogP contribution < -0.4 is 18.9 Å². The highest BCUT2D eigenvalue weighted by Gasteiger charge is 2.46. The van der Waals surface area contributed by atoms with E-state index in [-0.39, 0.29) is 17.9 Å². The molecule has 0 aliphatic carbocycles. The number of hydrogen-bond acceptors (Lipinski definition) is 7. The van der Waals surface area contributed by atoms with Crippen LogP contribution in [0.5, 0.6) is 23.0 Å². The van der Waals surface area contributed by atoms with E-state index in [1.165, 1.54) is 19.1 Å². The summed E-state index contributed by atoms with van der Waals surface area (Å²) in [7, 11) is 6.20. The number of nitrogens with zero attached hydrogens (tertiary/aromatic N) is 1. The van der Waals surface area contributed by atoms with Crippen LogP contribution >= 0.6 is 0 Å². The Bertz CT molecular complexity index is 1600. The fourth-order valence-electron chi connectivity index (χ4n) is 5.12. The molecule has 0 saturated carbocycles. The number of H-pyrrole nitrogens is 1. The van der Waals surface area contributed by atoms with Crippen LogP contribution in [0.1, 0.15) is 22.7 Å². The fraction of sp³-hybridized carbons (Fsp3) is 0.226. The summed E-state index contributed by atoms with van der Waals surface area (Å²) < 4.78 is 21.5. The van der Waals surface area contributed by atoms with Gasteiger partial charge in [-0.25, -0.2) is 0 Å². The van der Waals surface area contributed by atoms with Crippen molar-refractivity contribution in [3.05, 3.63) is 89.1 Å². The molecule has 2 N–H and O–H groups in total. The van der Waals surface area contributed by atoms with Crippen LogP contribution in [0, 0.1) is 0 Å². The average molecular weight is 543 g/mol. The number of nitrogens with one attached hydrogen (secondary N) is 1. The Hall–Kier alpha value is -4.92. The second-order valence-corrected chi connectivity index (χ2v) is 9.31. The van der Waals surface area contributed by atoms with Gasteiger partial charge in [0, 0.05) is 29.2 Å². The Morgan fingerprint density at radius 1 is 0.850 bits per heavy atom. The Labute approximate surface area is 231 Å². The van der Waals surface area contributed by atoms with Crippen molar-refractivity contribution >= 4 is 28.4 Å². The maximum absolute atomic E-state index is 13.5. The number of rotatable bonds is 9. The number of fused-ring (bicyclic) bond motifs is 1. The number of ketones is 1. The van der Waals surface area contributed by atoms with Crippen molar-refractivity contribution in [3.63, 3.8) is 0 Å². The maximum Gasteiger partial charge on any atom is 0.295 e. The molecule has 3 aromatic carbocycles. The number of Topliss-reactive ketones (excluding diaryl/α,β-unsaturated/α-hetero) is 1. The Kier molecular flexibility index (Phi) is 7.37. The zero-order valence-corrected chi connectivity index (χ0v) is 22.7. The molecule has 4 aromatic rings. The quantitative estimate of drug-likeness (QED) is 0.176. The van der Waals surface area contributed by atoms with Crippen LogP contribution in [0.3, 0.4) is 0 Å². The second-order valence-electron chi connectivity index (χ2n) is 9.31. The number of aromatic amines is 1. The highest BCUT2D eigenvalue weighted by atomic mass is 16.5. The van der Waals surface area contributed by atoms with Crippen LogP contribution in [0.15, 0.2) is 72.4 Å². The number of aromatic nitrogens is 1. The lowest BCUT2D eigenvalue weighted by molar-refractivity contribution is -0.139. The van der Waals surface area contributed by atoms with E-state index >= 15 is 0 Å². The molecule has 1 atom stereocenters. The summed E-state index contributed by atoms with van der Waals surface area (Å²) >= 11 is 0. The predicted molar refractivity (Wildman–Crippen MR) is 150 cm³/mol. The molecule has 1 aliphatic rings. The van der Waals surface area contributed by atoms with Crippen molar-refractivity contribution in [3.8, 4) is 23.0 Å². The second kappa shape index (κ2) is 11.1. The zero-order chi connectivity index (χ0) is 28.4. The lowest BCUT2D eigenvalue weighted by Gasteiger charge is -2.26. The van der Waals surface area contributed by atoms with Crippen molar-refractivity contribution in [1.82, 2.24) is 9.88 Å². The summed E-state index contributed by atoms with van der Waals surface area (Å²) in [4.78, 5) is 31.7. The number of methoxy groups -OCH3 is 4. The summed E-state index contributed by atoms with van der Waals surface area (Å²) in [5.41, 5.74) is 2.91. The SMILES string of the molecule is COc1ccc(C(O)=C2C(=O)C(=O)N(CCc3c[nH]c4ccc(OC)cc34)[C@H]2c2ccc(OC)c(OC)c2)cc1. The molecule has 0 unspecified atom stereocenters. The molecule has 1 aromatic heterocycles. The number of benzene rings is 3. The van der Waals surface area contributed by atoms with Gasteiger partial charge >= 0.3 is 0 Å². The van der Waals surface area contributed by atoms with E-state index in [9.17, 15) is 14.7 Å². The maximum atomic E-state index is 13.5. The van der Waals surface area contributed by atoms with Gasteiger partial charge in [0.2, 0.25) is 0 Å². The molecule has 1 aliphatic heterocycles. The normalized spacial score (nSPS) is 16.4. The van der Waals surface area contributed by atoms with Gasteiger partial charge in [0.15, 0.2) is 11.5 Å². The first-order valence-electron chi connectivity index (χ1n) is 12.7. The van der Waals surface area contributed by atoms with Crippen molar-refractivity contribution in [2.45, 2.75) is 12.5 Å². The zero-order valence-electron chi connectivity index (χ0n) is 22.7. The Morgan fingerprint density at radius 2 is 1.55 bits per heavy atom. The van der Waals surface area contributed by atoms with Gasteiger partial charge in [-0.1, -0.05) is 6.07 Å². The topological polar surface area (TPSA) is 110 Å². The highest BCUT2D eigenvalue weighted by molar-refractivity contribution is 6.46. The number of likely N-dealkylation sites (tertiary alicyclic amines) is 1. The van der Waals surface area contributed by atoms with Crippen molar-refractivity contribution in [1.29, 1.82) is 0 Å². The fourth-order valence-corrected chi connectivity index (χ4v) is 5.12. The van der Waals surface area contributed by atoms with Crippen LogP contribution in [0.25, 0.3) is 16.7 Å². The molecule has 9 heteroatoms. The van der Waals surface area contributed by atoms with Crippen LogP contribution in [0.4, 0.5) is 0 Å². The molecule has 9 nitrogen and oxygen atoms in total. The lowest BCUT2D eigenvalue weighted by Crippen LogP contribution is -2.31. The molecule has 0 radical (unpaired) electrons. The average Bonchev–Trinajstić information content (AvgIpc) is 3.52.